The number of pyridine rings is 1. The van der Waals surface area contributed by atoms with Crippen LogP contribution in [0, 0.1) is 0 Å². The normalized spacial score (nSPS) is 10.7. The van der Waals surface area contributed by atoms with Gasteiger partial charge in [-0.2, -0.15) is 0 Å². The molecule has 0 aliphatic carbocycles. The van der Waals surface area contributed by atoms with Crippen LogP contribution in [0.1, 0.15) is 5.56 Å². The first-order valence-electron chi connectivity index (χ1n) is 6.24. The lowest BCUT2D eigenvalue weighted by Gasteiger charge is -2.10. The molecule has 0 bridgehead atoms. The topological polar surface area (TPSA) is 24.9 Å². The Hall–Kier alpha value is -1.39. The van der Waals surface area contributed by atoms with E-state index in [-0.39, 0.29) is 0 Å². The highest BCUT2D eigenvalue weighted by molar-refractivity contribution is 9.11. The lowest BCUT2D eigenvalue weighted by atomic mass is 10.1. The van der Waals surface area contributed by atoms with E-state index in [9.17, 15) is 0 Å². The monoisotopic (exact) mass is 390 g/mol. The number of fused-ring (bicyclic) bond motifs is 1. The van der Waals surface area contributed by atoms with Crippen molar-refractivity contribution in [2.24, 2.45) is 0 Å². The van der Waals surface area contributed by atoms with E-state index in [0.29, 0.717) is 0 Å². The fourth-order valence-corrected chi connectivity index (χ4v) is 3.33. The molecule has 0 aliphatic heterocycles. The maximum atomic E-state index is 4.30. The molecule has 20 heavy (non-hydrogen) atoms. The summed E-state index contributed by atoms with van der Waals surface area (Å²) in [4.78, 5) is 4.30. The predicted octanol–water partition coefficient (Wildman–Crippen LogP) is 5.37. The molecular formula is C16H12Br2N2. The number of hydrogen-bond donors (Lipinski definition) is 1. The van der Waals surface area contributed by atoms with Gasteiger partial charge in [-0.25, -0.2) is 0 Å². The molecule has 0 saturated heterocycles. The summed E-state index contributed by atoms with van der Waals surface area (Å²) in [6, 6.07) is 14.4. The minimum atomic E-state index is 0.745. The quantitative estimate of drug-likeness (QED) is 0.648. The third kappa shape index (κ3) is 2.86. The minimum Gasteiger partial charge on any atom is -0.380 e. The van der Waals surface area contributed by atoms with Crippen LogP contribution in [-0.2, 0) is 6.54 Å². The van der Waals surface area contributed by atoms with Crippen LogP contribution in [-0.4, -0.2) is 4.98 Å². The maximum Gasteiger partial charge on any atom is 0.0488 e. The molecule has 0 atom stereocenters. The van der Waals surface area contributed by atoms with Crippen LogP contribution in [0.15, 0.2) is 63.8 Å². The van der Waals surface area contributed by atoms with Crippen molar-refractivity contribution in [1.82, 2.24) is 4.98 Å². The van der Waals surface area contributed by atoms with E-state index in [1.54, 1.807) is 0 Å². The summed E-state index contributed by atoms with van der Waals surface area (Å²) in [5.74, 6) is 0. The van der Waals surface area contributed by atoms with Crippen molar-refractivity contribution in [2.45, 2.75) is 6.54 Å². The summed E-state index contributed by atoms with van der Waals surface area (Å²) < 4.78 is 2.10. The van der Waals surface area contributed by atoms with Crippen LogP contribution >= 0.6 is 31.9 Å². The smallest absolute Gasteiger partial charge is 0.0488 e. The van der Waals surface area contributed by atoms with Gasteiger partial charge in [-0.1, -0.05) is 40.2 Å². The largest absolute Gasteiger partial charge is 0.380 e. The lowest BCUT2D eigenvalue weighted by molar-refractivity contribution is 1.13. The van der Waals surface area contributed by atoms with Crippen molar-refractivity contribution >= 4 is 48.3 Å². The van der Waals surface area contributed by atoms with E-state index in [0.717, 1.165) is 21.2 Å². The van der Waals surface area contributed by atoms with Crippen molar-refractivity contribution in [2.75, 3.05) is 5.32 Å². The van der Waals surface area contributed by atoms with Gasteiger partial charge in [-0.05, 0) is 45.1 Å². The second-order valence-electron chi connectivity index (χ2n) is 4.50. The molecular weight excluding hydrogens is 380 g/mol. The van der Waals surface area contributed by atoms with Gasteiger partial charge >= 0.3 is 0 Å². The molecule has 3 rings (SSSR count). The maximum absolute atomic E-state index is 4.30. The standard InChI is InChI=1S/C16H12Br2N2/c17-13-5-6-16(15(18)7-13)20-10-12-9-19-8-11-3-1-2-4-14(11)12/h1-9,20H,10H2. The molecule has 1 heterocycles. The van der Waals surface area contributed by atoms with Gasteiger partial charge in [-0.3, -0.25) is 4.98 Å². The Bertz CT molecular complexity index is 751. The van der Waals surface area contributed by atoms with Gasteiger partial charge in [0, 0.05) is 39.0 Å². The molecule has 1 N–H and O–H groups in total. The van der Waals surface area contributed by atoms with Crippen LogP contribution in [0.5, 0.6) is 0 Å². The van der Waals surface area contributed by atoms with Crippen LogP contribution in [0.3, 0.4) is 0 Å². The SMILES string of the molecule is Brc1ccc(NCc2cncc3ccccc23)c(Br)c1. The van der Waals surface area contributed by atoms with Crippen molar-refractivity contribution < 1.29 is 0 Å². The van der Waals surface area contributed by atoms with Crippen LogP contribution in [0.4, 0.5) is 5.69 Å². The van der Waals surface area contributed by atoms with Crippen molar-refractivity contribution in [1.29, 1.82) is 0 Å². The highest BCUT2D eigenvalue weighted by Gasteiger charge is 2.03. The highest BCUT2D eigenvalue weighted by Crippen LogP contribution is 2.27. The average Bonchev–Trinajstić information content (AvgIpc) is 2.46. The second-order valence-corrected chi connectivity index (χ2v) is 6.27. The van der Waals surface area contributed by atoms with Crippen LogP contribution in [0.2, 0.25) is 0 Å². The molecule has 3 aromatic rings. The molecule has 0 radical (unpaired) electrons. The van der Waals surface area contributed by atoms with E-state index in [2.05, 4.69) is 60.4 Å². The van der Waals surface area contributed by atoms with Gasteiger partial charge in [0.2, 0.25) is 0 Å². The van der Waals surface area contributed by atoms with E-state index in [1.165, 1.54) is 16.3 Å². The minimum absolute atomic E-state index is 0.745. The number of hydrogen-bond acceptors (Lipinski definition) is 2. The molecule has 0 amide bonds. The number of aromatic nitrogens is 1. The molecule has 100 valence electrons. The van der Waals surface area contributed by atoms with E-state index < -0.39 is 0 Å². The number of anilines is 1. The van der Waals surface area contributed by atoms with Crippen molar-refractivity contribution in [3.8, 4) is 0 Å². The van der Waals surface area contributed by atoms with Gasteiger partial charge in [0.25, 0.3) is 0 Å². The zero-order valence-corrected chi connectivity index (χ0v) is 13.8. The molecule has 0 unspecified atom stereocenters. The van der Waals surface area contributed by atoms with Crippen molar-refractivity contribution in [3.05, 3.63) is 69.4 Å². The summed E-state index contributed by atoms with van der Waals surface area (Å²) >= 11 is 7.02. The first kappa shape index (κ1) is 13.6. The number of rotatable bonds is 3. The lowest BCUT2D eigenvalue weighted by Crippen LogP contribution is -2.01. The molecule has 2 nitrogen and oxygen atoms in total. The summed E-state index contributed by atoms with van der Waals surface area (Å²) in [7, 11) is 0. The van der Waals surface area contributed by atoms with Crippen LogP contribution < -0.4 is 5.32 Å². The number of nitrogens with zero attached hydrogens (tertiary/aromatic N) is 1. The number of nitrogens with one attached hydrogen (secondary N) is 1. The Morgan fingerprint density at radius 3 is 2.70 bits per heavy atom. The zero-order valence-electron chi connectivity index (χ0n) is 10.6. The molecule has 0 spiro atoms. The molecule has 0 saturated carbocycles. The summed E-state index contributed by atoms with van der Waals surface area (Å²) in [6.45, 7) is 0.745. The Labute approximate surface area is 134 Å². The first-order chi connectivity index (χ1) is 9.74. The first-order valence-corrected chi connectivity index (χ1v) is 7.83. The van der Waals surface area contributed by atoms with E-state index in [4.69, 9.17) is 0 Å². The van der Waals surface area contributed by atoms with Crippen molar-refractivity contribution in [3.63, 3.8) is 0 Å². The van der Waals surface area contributed by atoms with Gasteiger partial charge in [0.1, 0.15) is 0 Å². The van der Waals surface area contributed by atoms with Gasteiger partial charge in [0.05, 0.1) is 0 Å². The molecule has 4 heteroatoms. The second kappa shape index (κ2) is 5.94. The molecule has 0 fully saturated rings. The van der Waals surface area contributed by atoms with E-state index in [1.807, 2.05) is 36.7 Å². The number of benzene rings is 2. The molecule has 1 aromatic heterocycles. The Morgan fingerprint density at radius 2 is 1.85 bits per heavy atom. The number of halogens is 2. The highest BCUT2D eigenvalue weighted by atomic mass is 79.9. The fraction of sp³-hybridized carbons (Fsp3) is 0.0625. The average molecular weight is 392 g/mol. The summed E-state index contributed by atoms with van der Waals surface area (Å²) in [5, 5.41) is 5.85. The predicted molar refractivity (Wildman–Crippen MR) is 90.9 cm³/mol. The Morgan fingerprint density at radius 1 is 1.00 bits per heavy atom. The summed E-state index contributed by atoms with van der Waals surface area (Å²) in [6.07, 6.45) is 3.82. The molecule has 2 aromatic carbocycles. The molecule has 0 aliphatic rings. The Kier molecular flexibility index (Phi) is 4.03. The fourth-order valence-electron chi connectivity index (χ4n) is 2.14. The van der Waals surface area contributed by atoms with E-state index >= 15 is 0 Å². The summed E-state index contributed by atoms with van der Waals surface area (Å²) in [5.41, 5.74) is 2.26. The van der Waals surface area contributed by atoms with Gasteiger partial charge in [0.15, 0.2) is 0 Å². The Balaban J connectivity index is 1.87. The van der Waals surface area contributed by atoms with Gasteiger partial charge in [-0.15, -0.1) is 0 Å². The zero-order chi connectivity index (χ0) is 13.9. The third-order valence-electron chi connectivity index (χ3n) is 3.15. The van der Waals surface area contributed by atoms with Gasteiger partial charge < -0.3 is 5.32 Å². The van der Waals surface area contributed by atoms with Crippen LogP contribution in [0.25, 0.3) is 10.8 Å². The third-order valence-corrected chi connectivity index (χ3v) is 4.30.